The van der Waals surface area contributed by atoms with E-state index >= 15 is 0 Å². The van der Waals surface area contributed by atoms with Gasteiger partial charge in [-0.1, -0.05) is 18.2 Å². The number of ether oxygens (including phenoxy) is 1. The van der Waals surface area contributed by atoms with E-state index in [-0.39, 0.29) is 6.04 Å². The Bertz CT molecular complexity index is 586. The van der Waals surface area contributed by atoms with Gasteiger partial charge in [-0.2, -0.15) is 5.26 Å². The highest BCUT2D eigenvalue weighted by molar-refractivity contribution is 7.10. The van der Waals surface area contributed by atoms with Gasteiger partial charge >= 0.3 is 0 Å². The van der Waals surface area contributed by atoms with Crippen molar-refractivity contribution < 1.29 is 4.74 Å². The van der Waals surface area contributed by atoms with Crippen molar-refractivity contribution in [3.63, 3.8) is 0 Å². The van der Waals surface area contributed by atoms with E-state index < -0.39 is 0 Å². The molecule has 0 fully saturated rings. The number of methoxy groups -OCH3 is 1. The number of nitrogens with one attached hydrogen (secondary N) is 1. The standard InChI is InChI=1S/C15H16N2OS/c1-11(14-5-3-4-6-15(14)18-2)17-9-13-7-12(8-16)10-19-13/h3-7,10-11,17H,9H2,1-2H3. The van der Waals surface area contributed by atoms with Crippen LogP contribution in [0.5, 0.6) is 5.75 Å². The number of hydrogen-bond donors (Lipinski definition) is 1. The van der Waals surface area contributed by atoms with Gasteiger partial charge < -0.3 is 10.1 Å². The molecule has 1 heterocycles. The van der Waals surface area contributed by atoms with E-state index in [2.05, 4.69) is 24.4 Å². The Balaban J connectivity index is 2.01. The van der Waals surface area contributed by atoms with Crippen molar-refractivity contribution in [1.29, 1.82) is 5.26 Å². The highest BCUT2D eigenvalue weighted by Gasteiger charge is 2.10. The Morgan fingerprint density at radius 1 is 1.42 bits per heavy atom. The average molecular weight is 272 g/mol. The lowest BCUT2D eigenvalue weighted by Gasteiger charge is -2.16. The molecule has 0 radical (unpaired) electrons. The van der Waals surface area contributed by atoms with Gasteiger partial charge in [-0.15, -0.1) is 11.3 Å². The van der Waals surface area contributed by atoms with Gasteiger partial charge in [-0.25, -0.2) is 0 Å². The van der Waals surface area contributed by atoms with Gasteiger partial charge in [0.05, 0.1) is 12.7 Å². The van der Waals surface area contributed by atoms with Gasteiger partial charge in [-0.05, 0) is 19.1 Å². The topological polar surface area (TPSA) is 45.0 Å². The second kappa shape index (κ2) is 6.37. The predicted molar refractivity (Wildman–Crippen MR) is 77.3 cm³/mol. The summed E-state index contributed by atoms with van der Waals surface area (Å²) in [5, 5.41) is 14.1. The van der Waals surface area contributed by atoms with Crippen LogP contribution in [-0.4, -0.2) is 7.11 Å². The van der Waals surface area contributed by atoms with E-state index in [4.69, 9.17) is 10.00 Å². The smallest absolute Gasteiger partial charge is 0.123 e. The van der Waals surface area contributed by atoms with Gasteiger partial charge in [0.25, 0.3) is 0 Å². The molecule has 0 saturated heterocycles. The van der Waals surface area contributed by atoms with Crippen molar-refractivity contribution in [2.75, 3.05) is 7.11 Å². The second-order valence-electron chi connectivity index (χ2n) is 4.26. The predicted octanol–water partition coefficient (Wildman–Crippen LogP) is 3.48. The molecule has 0 bridgehead atoms. The zero-order chi connectivity index (χ0) is 13.7. The fraction of sp³-hybridized carbons (Fsp3) is 0.267. The van der Waals surface area contributed by atoms with Gasteiger partial charge in [0.1, 0.15) is 11.8 Å². The van der Waals surface area contributed by atoms with Crippen molar-refractivity contribution in [2.24, 2.45) is 0 Å². The summed E-state index contributed by atoms with van der Waals surface area (Å²) in [6.07, 6.45) is 0. The van der Waals surface area contributed by atoms with E-state index in [0.717, 1.165) is 23.4 Å². The van der Waals surface area contributed by atoms with Crippen LogP contribution < -0.4 is 10.1 Å². The molecular formula is C15H16N2OS. The van der Waals surface area contributed by atoms with E-state index in [1.54, 1.807) is 18.4 Å². The SMILES string of the molecule is COc1ccccc1C(C)NCc1cc(C#N)cs1. The summed E-state index contributed by atoms with van der Waals surface area (Å²) in [5.41, 5.74) is 1.87. The van der Waals surface area contributed by atoms with Crippen molar-refractivity contribution >= 4 is 11.3 Å². The number of nitrogens with zero attached hydrogens (tertiary/aromatic N) is 1. The molecule has 1 atom stereocenters. The van der Waals surface area contributed by atoms with Crippen LogP contribution >= 0.6 is 11.3 Å². The lowest BCUT2D eigenvalue weighted by molar-refractivity contribution is 0.401. The summed E-state index contributed by atoms with van der Waals surface area (Å²) in [5.74, 6) is 0.895. The molecule has 0 aliphatic heterocycles. The first-order chi connectivity index (χ1) is 9.24. The normalized spacial score (nSPS) is 11.8. The van der Waals surface area contributed by atoms with Crippen LogP contribution in [0, 0.1) is 11.3 Å². The van der Waals surface area contributed by atoms with Crippen LogP contribution in [0.4, 0.5) is 0 Å². The maximum atomic E-state index is 8.79. The molecule has 2 aromatic rings. The van der Waals surface area contributed by atoms with Crippen LogP contribution in [0.1, 0.15) is 29.0 Å². The number of nitriles is 1. The maximum absolute atomic E-state index is 8.79. The summed E-state index contributed by atoms with van der Waals surface area (Å²) in [6.45, 7) is 2.86. The number of para-hydroxylation sites is 1. The van der Waals surface area contributed by atoms with Crippen molar-refractivity contribution in [2.45, 2.75) is 19.5 Å². The highest BCUT2D eigenvalue weighted by Crippen LogP contribution is 2.25. The minimum Gasteiger partial charge on any atom is -0.496 e. The Labute approximate surface area is 117 Å². The monoisotopic (exact) mass is 272 g/mol. The van der Waals surface area contributed by atoms with Crippen molar-refractivity contribution in [3.05, 3.63) is 51.7 Å². The Morgan fingerprint density at radius 2 is 2.21 bits per heavy atom. The molecule has 2 rings (SSSR count). The summed E-state index contributed by atoms with van der Waals surface area (Å²) >= 11 is 1.61. The Hall–Kier alpha value is -1.83. The van der Waals surface area contributed by atoms with Gasteiger partial charge in [0.15, 0.2) is 0 Å². The summed E-state index contributed by atoms with van der Waals surface area (Å²) in [6, 6.07) is 12.3. The summed E-state index contributed by atoms with van der Waals surface area (Å²) in [7, 11) is 1.68. The Kier molecular flexibility index (Phi) is 4.56. The summed E-state index contributed by atoms with van der Waals surface area (Å²) in [4.78, 5) is 1.17. The third-order valence-electron chi connectivity index (χ3n) is 2.97. The minimum absolute atomic E-state index is 0.198. The zero-order valence-corrected chi connectivity index (χ0v) is 11.8. The third-order valence-corrected chi connectivity index (χ3v) is 3.91. The van der Waals surface area contributed by atoms with Gasteiger partial charge in [0.2, 0.25) is 0 Å². The highest BCUT2D eigenvalue weighted by atomic mass is 32.1. The molecule has 0 amide bonds. The lowest BCUT2D eigenvalue weighted by Crippen LogP contribution is -2.18. The van der Waals surface area contributed by atoms with Crippen molar-refractivity contribution in [3.8, 4) is 11.8 Å². The van der Waals surface area contributed by atoms with Gasteiger partial charge in [0, 0.05) is 28.4 Å². The minimum atomic E-state index is 0.198. The quantitative estimate of drug-likeness (QED) is 0.906. The maximum Gasteiger partial charge on any atom is 0.123 e. The average Bonchev–Trinajstić information content (AvgIpc) is 2.92. The molecule has 19 heavy (non-hydrogen) atoms. The van der Waals surface area contributed by atoms with E-state index in [0.29, 0.717) is 0 Å². The molecule has 1 aromatic carbocycles. The van der Waals surface area contributed by atoms with E-state index in [1.807, 2.05) is 29.6 Å². The van der Waals surface area contributed by atoms with E-state index in [1.165, 1.54) is 4.88 Å². The van der Waals surface area contributed by atoms with Crippen LogP contribution in [0.3, 0.4) is 0 Å². The third kappa shape index (κ3) is 3.34. The molecule has 0 aliphatic carbocycles. The largest absolute Gasteiger partial charge is 0.496 e. The number of hydrogen-bond acceptors (Lipinski definition) is 4. The first-order valence-corrected chi connectivity index (χ1v) is 6.96. The molecule has 1 N–H and O–H groups in total. The Morgan fingerprint density at radius 3 is 2.89 bits per heavy atom. The first-order valence-electron chi connectivity index (χ1n) is 6.08. The second-order valence-corrected chi connectivity index (χ2v) is 5.25. The van der Waals surface area contributed by atoms with Crippen LogP contribution in [-0.2, 0) is 6.54 Å². The molecule has 0 saturated carbocycles. The molecule has 0 aliphatic rings. The number of thiophene rings is 1. The first kappa shape index (κ1) is 13.6. The number of benzene rings is 1. The molecule has 1 aromatic heterocycles. The number of rotatable bonds is 5. The lowest BCUT2D eigenvalue weighted by atomic mass is 10.1. The molecule has 0 spiro atoms. The fourth-order valence-electron chi connectivity index (χ4n) is 1.92. The van der Waals surface area contributed by atoms with Crippen LogP contribution in [0.2, 0.25) is 0 Å². The fourth-order valence-corrected chi connectivity index (χ4v) is 2.68. The van der Waals surface area contributed by atoms with Crippen LogP contribution in [0.25, 0.3) is 0 Å². The van der Waals surface area contributed by atoms with Crippen LogP contribution in [0.15, 0.2) is 35.7 Å². The molecule has 1 unspecified atom stereocenters. The van der Waals surface area contributed by atoms with Crippen molar-refractivity contribution in [1.82, 2.24) is 5.32 Å². The van der Waals surface area contributed by atoms with Gasteiger partial charge in [-0.3, -0.25) is 0 Å². The zero-order valence-electron chi connectivity index (χ0n) is 11.0. The van der Waals surface area contributed by atoms with E-state index in [9.17, 15) is 0 Å². The molecule has 98 valence electrons. The summed E-state index contributed by atoms with van der Waals surface area (Å²) < 4.78 is 5.36. The molecular weight excluding hydrogens is 256 g/mol. The molecule has 3 nitrogen and oxygen atoms in total. The molecule has 4 heteroatoms.